The van der Waals surface area contributed by atoms with Gasteiger partial charge in [0.2, 0.25) is 0 Å². The Morgan fingerprint density at radius 1 is 1.20 bits per heavy atom. The summed E-state index contributed by atoms with van der Waals surface area (Å²) >= 11 is 0. The third-order valence-corrected chi connectivity index (χ3v) is 4.47. The van der Waals surface area contributed by atoms with Crippen molar-refractivity contribution in [1.82, 2.24) is 4.90 Å². The number of carbonyl (C=O) groups excluding carboxylic acids is 2. The Morgan fingerprint density at radius 2 is 1.92 bits per heavy atom. The van der Waals surface area contributed by atoms with Gasteiger partial charge >= 0.3 is 12.1 Å². The van der Waals surface area contributed by atoms with Crippen molar-refractivity contribution in [3.63, 3.8) is 0 Å². The summed E-state index contributed by atoms with van der Waals surface area (Å²) < 4.78 is 21.9. The van der Waals surface area contributed by atoms with Gasteiger partial charge in [0.1, 0.15) is 12.5 Å². The second-order valence-corrected chi connectivity index (χ2v) is 6.05. The monoisotopic (exact) mass is 349 g/mol. The first kappa shape index (κ1) is 17.7. The van der Waals surface area contributed by atoms with Gasteiger partial charge in [-0.2, -0.15) is 0 Å². The smallest absolute Gasteiger partial charge is 0.410 e. The number of amides is 1. The highest BCUT2D eigenvalue weighted by molar-refractivity contribution is 5.76. The molecule has 0 unspecified atom stereocenters. The molecule has 0 bridgehead atoms. The van der Waals surface area contributed by atoms with Gasteiger partial charge in [-0.3, -0.25) is 4.79 Å². The van der Waals surface area contributed by atoms with Crippen molar-refractivity contribution in [3.8, 4) is 0 Å². The van der Waals surface area contributed by atoms with E-state index in [9.17, 15) is 9.59 Å². The van der Waals surface area contributed by atoms with Crippen LogP contribution in [0, 0.1) is 5.92 Å². The summed E-state index contributed by atoms with van der Waals surface area (Å²) in [7, 11) is 0. The van der Waals surface area contributed by atoms with Gasteiger partial charge in [-0.15, -0.1) is 0 Å². The molecule has 0 aromatic heterocycles. The van der Waals surface area contributed by atoms with Crippen molar-refractivity contribution < 1.29 is 28.5 Å². The van der Waals surface area contributed by atoms with Crippen molar-refractivity contribution in [2.24, 2.45) is 5.92 Å². The average molecular weight is 349 g/mol. The van der Waals surface area contributed by atoms with Crippen LogP contribution in [0.3, 0.4) is 0 Å². The molecular formula is C18H23NO6. The third-order valence-electron chi connectivity index (χ3n) is 4.47. The number of benzene rings is 1. The second-order valence-electron chi connectivity index (χ2n) is 6.05. The van der Waals surface area contributed by atoms with Crippen molar-refractivity contribution in [3.05, 3.63) is 35.9 Å². The number of ether oxygens (including phenoxy) is 4. The van der Waals surface area contributed by atoms with Crippen LogP contribution in [0.2, 0.25) is 0 Å². The molecule has 1 amide bonds. The zero-order chi connectivity index (χ0) is 17.7. The van der Waals surface area contributed by atoms with Crippen LogP contribution >= 0.6 is 0 Å². The van der Waals surface area contributed by atoms with Gasteiger partial charge in [-0.1, -0.05) is 30.3 Å². The molecule has 1 atom stereocenters. The zero-order valence-electron chi connectivity index (χ0n) is 14.3. The van der Waals surface area contributed by atoms with E-state index in [-0.39, 0.29) is 19.8 Å². The number of piperidine rings is 1. The van der Waals surface area contributed by atoms with Gasteiger partial charge in [0.15, 0.2) is 5.79 Å². The topological polar surface area (TPSA) is 74.3 Å². The first-order valence-corrected chi connectivity index (χ1v) is 8.55. The molecule has 1 aromatic rings. The van der Waals surface area contributed by atoms with Crippen LogP contribution < -0.4 is 0 Å². The van der Waals surface area contributed by atoms with Crippen LogP contribution in [0.5, 0.6) is 0 Å². The molecule has 2 aliphatic rings. The minimum absolute atomic E-state index is 0.159. The Balaban J connectivity index is 1.63. The minimum Gasteiger partial charge on any atom is -0.466 e. The Kier molecular flexibility index (Phi) is 5.55. The molecule has 7 nitrogen and oxygen atoms in total. The number of hydrogen-bond donors (Lipinski definition) is 0. The van der Waals surface area contributed by atoms with E-state index in [0.29, 0.717) is 26.2 Å². The van der Waals surface area contributed by atoms with E-state index < -0.39 is 23.8 Å². The number of nitrogens with zero attached hydrogens (tertiary/aromatic N) is 1. The lowest BCUT2D eigenvalue weighted by Crippen LogP contribution is -2.57. The molecule has 2 heterocycles. The number of rotatable bonds is 4. The first-order valence-electron chi connectivity index (χ1n) is 8.55. The van der Waals surface area contributed by atoms with Gasteiger partial charge < -0.3 is 23.8 Å². The summed E-state index contributed by atoms with van der Waals surface area (Å²) in [5, 5.41) is 0. The summed E-state index contributed by atoms with van der Waals surface area (Å²) in [6.45, 7) is 3.65. The van der Waals surface area contributed by atoms with Crippen molar-refractivity contribution in [1.29, 1.82) is 0 Å². The molecule has 2 aliphatic heterocycles. The number of hydrogen-bond acceptors (Lipinski definition) is 6. The van der Waals surface area contributed by atoms with Crippen molar-refractivity contribution >= 4 is 12.1 Å². The van der Waals surface area contributed by atoms with Crippen LogP contribution in [0.25, 0.3) is 0 Å². The van der Waals surface area contributed by atoms with E-state index in [1.807, 2.05) is 30.3 Å². The molecule has 2 saturated heterocycles. The SMILES string of the molecule is CCOC(=O)[C@@H]1CN(C(=O)OCc2ccccc2)CCC12OCCO2. The highest BCUT2D eigenvalue weighted by Gasteiger charge is 2.53. The van der Waals surface area contributed by atoms with Crippen molar-refractivity contribution in [2.45, 2.75) is 25.7 Å². The van der Waals surface area contributed by atoms with E-state index in [2.05, 4.69) is 0 Å². The summed E-state index contributed by atoms with van der Waals surface area (Å²) in [5.74, 6) is -2.07. The number of carbonyl (C=O) groups is 2. The Morgan fingerprint density at radius 3 is 2.60 bits per heavy atom. The highest BCUT2D eigenvalue weighted by Crippen LogP contribution is 2.37. The van der Waals surface area contributed by atoms with E-state index in [1.54, 1.807) is 6.92 Å². The van der Waals surface area contributed by atoms with Gasteiger partial charge in [0.05, 0.1) is 19.8 Å². The predicted molar refractivity (Wildman–Crippen MR) is 87.6 cm³/mol. The van der Waals surface area contributed by atoms with E-state index in [1.165, 1.54) is 4.90 Å². The largest absolute Gasteiger partial charge is 0.466 e. The highest BCUT2D eigenvalue weighted by atomic mass is 16.7. The van der Waals surface area contributed by atoms with Crippen LogP contribution in [0.4, 0.5) is 4.79 Å². The first-order chi connectivity index (χ1) is 12.1. The number of likely N-dealkylation sites (tertiary alicyclic amines) is 1. The molecule has 0 N–H and O–H groups in total. The Labute approximate surface area is 146 Å². The molecule has 25 heavy (non-hydrogen) atoms. The molecule has 136 valence electrons. The minimum atomic E-state index is -0.984. The normalized spacial score (nSPS) is 22.0. The third kappa shape index (κ3) is 3.93. The van der Waals surface area contributed by atoms with Crippen LogP contribution in [-0.4, -0.2) is 55.7 Å². The van der Waals surface area contributed by atoms with E-state index >= 15 is 0 Å². The maximum absolute atomic E-state index is 12.4. The fourth-order valence-electron chi connectivity index (χ4n) is 3.21. The molecule has 0 aliphatic carbocycles. The summed E-state index contributed by atoms with van der Waals surface area (Å²) in [6.07, 6.45) is -0.0392. The van der Waals surface area contributed by atoms with Crippen molar-refractivity contribution in [2.75, 3.05) is 32.9 Å². The Hall–Kier alpha value is -2.12. The summed E-state index contributed by atoms with van der Waals surface area (Å²) in [4.78, 5) is 26.2. The number of esters is 1. The van der Waals surface area contributed by atoms with Crippen LogP contribution in [-0.2, 0) is 30.3 Å². The Bertz CT molecular complexity index is 599. The predicted octanol–water partition coefficient (Wildman–Crippen LogP) is 1.95. The second kappa shape index (κ2) is 7.84. The quantitative estimate of drug-likeness (QED) is 0.774. The molecule has 0 saturated carbocycles. The lowest BCUT2D eigenvalue weighted by molar-refractivity contribution is -0.226. The maximum Gasteiger partial charge on any atom is 0.410 e. The lowest BCUT2D eigenvalue weighted by Gasteiger charge is -2.42. The molecule has 1 aromatic carbocycles. The van der Waals surface area contributed by atoms with Crippen LogP contribution in [0.1, 0.15) is 18.9 Å². The molecular weight excluding hydrogens is 326 g/mol. The van der Waals surface area contributed by atoms with Gasteiger partial charge in [0, 0.05) is 19.5 Å². The van der Waals surface area contributed by atoms with Gasteiger partial charge in [-0.25, -0.2) is 4.79 Å². The molecule has 3 rings (SSSR count). The van der Waals surface area contributed by atoms with Gasteiger partial charge in [0.25, 0.3) is 0 Å². The van der Waals surface area contributed by atoms with E-state index in [4.69, 9.17) is 18.9 Å². The fourth-order valence-corrected chi connectivity index (χ4v) is 3.21. The standard InChI is InChI=1S/C18H23NO6/c1-2-22-16(20)15-12-19(9-8-18(15)24-10-11-25-18)17(21)23-13-14-6-4-3-5-7-14/h3-7,15H,2,8-13H2,1H3/t15-/m0/s1. The zero-order valence-corrected chi connectivity index (χ0v) is 14.3. The average Bonchev–Trinajstić information content (AvgIpc) is 3.10. The fraction of sp³-hybridized carbons (Fsp3) is 0.556. The molecule has 1 spiro atoms. The molecule has 0 radical (unpaired) electrons. The maximum atomic E-state index is 12.4. The summed E-state index contributed by atoms with van der Waals surface area (Å²) in [6, 6.07) is 9.46. The van der Waals surface area contributed by atoms with Crippen LogP contribution in [0.15, 0.2) is 30.3 Å². The molecule has 7 heteroatoms. The lowest BCUT2D eigenvalue weighted by atomic mass is 9.90. The molecule has 2 fully saturated rings. The van der Waals surface area contributed by atoms with Gasteiger partial charge in [-0.05, 0) is 12.5 Å². The van der Waals surface area contributed by atoms with E-state index in [0.717, 1.165) is 5.56 Å². The summed E-state index contributed by atoms with van der Waals surface area (Å²) in [5.41, 5.74) is 0.911.